The maximum absolute atomic E-state index is 14.0. The van der Waals surface area contributed by atoms with Crippen molar-refractivity contribution in [3.8, 4) is 22.6 Å². The van der Waals surface area contributed by atoms with Gasteiger partial charge in [0.1, 0.15) is 34.6 Å². The zero-order chi connectivity index (χ0) is 33.7. The predicted molar refractivity (Wildman–Crippen MR) is 165 cm³/mol. The third-order valence-corrected chi connectivity index (χ3v) is 9.24. The molecule has 3 unspecified atom stereocenters. The SMILES string of the molecule is COC(=O)C(CC(C)C)NCc1ccc(OC)c(-c2ccc(O)c3c2CC2CC4CC(O)=C(C(N)=O)C(=O)[C@@]4(O)C(O)=C2C3=O)c1. The van der Waals surface area contributed by atoms with E-state index in [4.69, 9.17) is 15.2 Å². The third-order valence-electron chi connectivity index (χ3n) is 9.24. The number of methoxy groups -OCH3 is 2. The zero-order valence-corrected chi connectivity index (χ0v) is 26.0. The number of Topliss-reactive ketones (excluding diaryl/α,β-unsaturated/α-hetero) is 2. The van der Waals surface area contributed by atoms with Crippen molar-refractivity contribution >= 4 is 23.4 Å². The van der Waals surface area contributed by atoms with E-state index in [-0.39, 0.29) is 48.0 Å². The van der Waals surface area contributed by atoms with Gasteiger partial charge in [0.25, 0.3) is 5.91 Å². The lowest BCUT2D eigenvalue weighted by atomic mass is 9.60. The van der Waals surface area contributed by atoms with Gasteiger partial charge in [-0.3, -0.25) is 19.2 Å². The highest BCUT2D eigenvalue weighted by Gasteiger charge is 2.59. The number of ether oxygens (including phenoxy) is 2. The summed E-state index contributed by atoms with van der Waals surface area (Å²) in [6.07, 6.45) is 0.424. The molecule has 244 valence electrons. The van der Waals surface area contributed by atoms with Crippen LogP contribution in [0.25, 0.3) is 11.1 Å². The maximum Gasteiger partial charge on any atom is 0.322 e. The minimum atomic E-state index is -2.63. The van der Waals surface area contributed by atoms with Crippen molar-refractivity contribution in [3.05, 3.63) is 69.7 Å². The molecular weight excluding hydrogens is 596 g/mol. The Balaban J connectivity index is 1.57. The summed E-state index contributed by atoms with van der Waals surface area (Å²) < 4.78 is 10.6. The van der Waals surface area contributed by atoms with Gasteiger partial charge in [-0.05, 0) is 66.0 Å². The lowest BCUT2D eigenvalue weighted by Crippen LogP contribution is -2.57. The Morgan fingerprint density at radius 2 is 1.78 bits per heavy atom. The number of amides is 1. The van der Waals surface area contributed by atoms with Gasteiger partial charge in [-0.1, -0.05) is 26.0 Å². The molecule has 0 saturated heterocycles. The van der Waals surface area contributed by atoms with Crippen LogP contribution in [0.5, 0.6) is 11.5 Å². The van der Waals surface area contributed by atoms with Gasteiger partial charge in [0.15, 0.2) is 11.4 Å². The number of fused-ring (bicyclic) bond motifs is 3. The monoisotopic (exact) mass is 634 g/mol. The topological polar surface area (TPSA) is 206 Å². The number of ketones is 2. The molecule has 12 heteroatoms. The summed E-state index contributed by atoms with van der Waals surface area (Å²) in [7, 11) is 2.85. The molecule has 0 bridgehead atoms. The Morgan fingerprint density at radius 3 is 2.41 bits per heavy atom. The number of primary amides is 1. The number of carbonyl (C=O) groups excluding carboxylic acids is 4. The summed E-state index contributed by atoms with van der Waals surface area (Å²) in [5.74, 6) is -6.49. The van der Waals surface area contributed by atoms with Crippen molar-refractivity contribution in [2.45, 2.75) is 57.7 Å². The molecular formula is C34H38N2O10. The number of aromatic hydroxyl groups is 1. The Morgan fingerprint density at radius 1 is 1.07 bits per heavy atom. The second-order valence-corrected chi connectivity index (χ2v) is 12.5. The van der Waals surface area contributed by atoms with E-state index >= 15 is 0 Å². The largest absolute Gasteiger partial charge is 0.511 e. The minimum Gasteiger partial charge on any atom is -0.511 e. The van der Waals surface area contributed by atoms with Crippen molar-refractivity contribution < 1.29 is 49.1 Å². The van der Waals surface area contributed by atoms with Gasteiger partial charge in [-0.15, -0.1) is 0 Å². The lowest BCUT2D eigenvalue weighted by Gasteiger charge is -2.45. The van der Waals surface area contributed by atoms with Crippen LogP contribution in [0.4, 0.5) is 0 Å². The third kappa shape index (κ3) is 5.31. The number of allylic oxidation sites excluding steroid dienone is 2. The molecule has 12 nitrogen and oxygen atoms in total. The van der Waals surface area contributed by atoms with Crippen LogP contribution in [0.3, 0.4) is 0 Å². The van der Waals surface area contributed by atoms with Gasteiger partial charge >= 0.3 is 5.97 Å². The minimum absolute atomic E-state index is 0.0177. The number of phenolic OH excluding ortho intramolecular Hbond substituents is 1. The molecule has 0 radical (unpaired) electrons. The normalized spacial score (nSPS) is 23.1. The van der Waals surface area contributed by atoms with E-state index in [2.05, 4.69) is 5.32 Å². The number of hydrogen-bond donors (Lipinski definition) is 6. The summed E-state index contributed by atoms with van der Waals surface area (Å²) in [5, 5.41) is 47.4. The number of benzene rings is 2. The van der Waals surface area contributed by atoms with Crippen molar-refractivity contribution in [2.75, 3.05) is 14.2 Å². The van der Waals surface area contributed by atoms with Crippen LogP contribution in [-0.4, -0.2) is 69.7 Å². The molecule has 2 aromatic carbocycles. The Labute approximate surface area is 265 Å². The van der Waals surface area contributed by atoms with Crippen molar-refractivity contribution in [2.24, 2.45) is 23.5 Å². The van der Waals surface area contributed by atoms with Crippen molar-refractivity contribution in [1.82, 2.24) is 5.32 Å². The van der Waals surface area contributed by atoms with Crippen LogP contribution in [-0.2, 0) is 32.1 Å². The second-order valence-electron chi connectivity index (χ2n) is 12.5. The molecule has 3 aliphatic rings. The van der Waals surface area contributed by atoms with Crippen molar-refractivity contribution in [3.63, 3.8) is 0 Å². The molecule has 0 aliphatic heterocycles. The molecule has 0 heterocycles. The smallest absolute Gasteiger partial charge is 0.322 e. The van der Waals surface area contributed by atoms with Crippen LogP contribution in [0.15, 0.2) is 53.0 Å². The van der Waals surface area contributed by atoms with Crippen molar-refractivity contribution in [1.29, 1.82) is 0 Å². The molecule has 2 aromatic rings. The molecule has 4 atom stereocenters. The first-order valence-electron chi connectivity index (χ1n) is 15.0. The number of esters is 1. The van der Waals surface area contributed by atoms with E-state index in [0.717, 1.165) is 5.56 Å². The average molecular weight is 635 g/mol. The lowest BCUT2D eigenvalue weighted by molar-refractivity contribution is -0.144. The molecule has 7 N–H and O–H groups in total. The van der Waals surface area contributed by atoms with E-state index in [1.807, 2.05) is 26.0 Å². The molecule has 46 heavy (non-hydrogen) atoms. The van der Waals surface area contributed by atoms with E-state index in [1.165, 1.54) is 20.3 Å². The fraction of sp³-hybridized carbons (Fsp3) is 0.412. The summed E-state index contributed by atoms with van der Waals surface area (Å²) in [6.45, 7) is 4.34. The molecule has 5 rings (SSSR count). The fourth-order valence-corrected chi connectivity index (χ4v) is 7.06. The zero-order valence-electron chi connectivity index (χ0n) is 26.0. The quantitative estimate of drug-likeness (QED) is 0.175. The van der Waals surface area contributed by atoms with E-state index in [1.54, 1.807) is 12.1 Å². The average Bonchev–Trinajstić information content (AvgIpc) is 3.00. The summed E-state index contributed by atoms with van der Waals surface area (Å²) in [4.78, 5) is 51.5. The fourth-order valence-electron chi connectivity index (χ4n) is 7.06. The molecule has 1 amide bonds. The molecule has 0 saturated carbocycles. The Hall–Kier alpha value is -4.68. The Bertz CT molecular complexity index is 1710. The van der Waals surface area contributed by atoms with Gasteiger partial charge in [0.05, 0.1) is 19.8 Å². The maximum atomic E-state index is 14.0. The van der Waals surface area contributed by atoms with Crippen LogP contribution in [0, 0.1) is 17.8 Å². The van der Waals surface area contributed by atoms with Gasteiger partial charge in [0.2, 0.25) is 5.78 Å². The van der Waals surface area contributed by atoms with E-state index in [9.17, 15) is 39.6 Å². The highest BCUT2D eigenvalue weighted by Crippen LogP contribution is 2.52. The summed E-state index contributed by atoms with van der Waals surface area (Å²) in [6, 6.07) is 7.97. The number of aliphatic hydroxyl groups excluding tert-OH is 2. The van der Waals surface area contributed by atoms with Crippen LogP contribution >= 0.6 is 0 Å². The van der Waals surface area contributed by atoms with E-state index in [0.29, 0.717) is 35.4 Å². The molecule has 0 spiro atoms. The Kier molecular flexibility index (Phi) is 8.71. The first-order chi connectivity index (χ1) is 21.7. The van der Waals surface area contributed by atoms with Gasteiger partial charge in [0, 0.05) is 30.0 Å². The number of aliphatic hydroxyl groups is 3. The van der Waals surface area contributed by atoms with Gasteiger partial charge < -0.3 is 41.0 Å². The molecule has 0 fully saturated rings. The first-order valence-corrected chi connectivity index (χ1v) is 15.0. The molecule has 3 aliphatic carbocycles. The predicted octanol–water partition coefficient (Wildman–Crippen LogP) is 2.93. The van der Waals surface area contributed by atoms with Crippen LogP contribution < -0.4 is 15.8 Å². The standard InChI is InChI=1S/C34H38N2O10/c1-15(2)9-22(33(43)46-4)36-14-16-5-8-25(45-3)20(10-16)19-6-7-23(37)27-21(19)12-17-11-18-13-24(38)28(32(35)42)31(41)34(18,44)30(40)26(17)29(27)39/h5-8,10,15,17-18,22,36-38,40,44H,9,11-14H2,1-4H3,(H2,35,42)/t17?,18?,22?,34-/m0/s1. The molecule has 0 aromatic heterocycles. The first kappa shape index (κ1) is 32.7. The highest BCUT2D eigenvalue weighted by atomic mass is 16.5. The van der Waals surface area contributed by atoms with Crippen LogP contribution in [0.2, 0.25) is 0 Å². The van der Waals surface area contributed by atoms with Gasteiger partial charge in [-0.25, -0.2) is 0 Å². The number of carbonyl (C=O) groups is 4. The highest BCUT2D eigenvalue weighted by molar-refractivity contribution is 6.24. The number of phenols is 1. The summed E-state index contributed by atoms with van der Waals surface area (Å²) in [5.41, 5.74) is 3.99. The number of nitrogens with one attached hydrogen (secondary N) is 1. The van der Waals surface area contributed by atoms with E-state index < -0.39 is 58.0 Å². The van der Waals surface area contributed by atoms with Crippen LogP contribution in [0.1, 0.15) is 54.6 Å². The number of hydrogen-bond acceptors (Lipinski definition) is 11. The number of rotatable bonds is 9. The second kappa shape index (κ2) is 12.3. The number of nitrogens with two attached hydrogens (primary N) is 1. The summed E-state index contributed by atoms with van der Waals surface area (Å²) >= 11 is 0. The van der Waals surface area contributed by atoms with Gasteiger partial charge in [-0.2, -0.15) is 0 Å².